The predicted molar refractivity (Wildman–Crippen MR) is 82.8 cm³/mol. The average molecular weight is 282 g/mol. The normalized spacial score (nSPS) is 12.4. The topological polar surface area (TPSA) is 50.4 Å². The maximum Gasteiger partial charge on any atom is 0.251 e. The zero-order chi connectivity index (χ0) is 14.7. The van der Waals surface area contributed by atoms with Crippen LogP contribution in [0.1, 0.15) is 21.5 Å². The first-order valence-corrected chi connectivity index (χ1v) is 7.07. The summed E-state index contributed by atoms with van der Waals surface area (Å²) in [6, 6.07) is 13.8. The van der Waals surface area contributed by atoms with Crippen molar-refractivity contribution in [3.8, 4) is 5.75 Å². The summed E-state index contributed by atoms with van der Waals surface area (Å²) in [6.07, 6.45) is 0.978. The maximum atomic E-state index is 11.5. The van der Waals surface area contributed by atoms with Crippen molar-refractivity contribution in [1.29, 1.82) is 0 Å². The summed E-state index contributed by atoms with van der Waals surface area (Å²) in [7, 11) is 1.63. The first kappa shape index (κ1) is 13.5. The summed E-state index contributed by atoms with van der Waals surface area (Å²) in [4.78, 5) is 11.5. The number of anilines is 1. The fourth-order valence-electron chi connectivity index (χ4n) is 2.42. The smallest absolute Gasteiger partial charge is 0.251 e. The van der Waals surface area contributed by atoms with E-state index in [1.54, 1.807) is 7.05 Å². The van der Waals surface area contributed by atoms with Crippen molar-refractivity contribution in [3.63, 3.8) is 0 Å². The molecule has 1 aliphatic heterocycles. The molecule has 0 spiro atoms. The third-order valence-corrected chi connectivity index (χ3v) is 3.63. The minimum absolute atomic E-state index is 0.0619. The summed E-state index contributed by atoms with van der Waals surface area (Å²) in [5.41, 5.74) is 4.17. The quantitative estimate of drug-likeness (QED) is 0.906. The molecule has 2 aromatic rings. The molecule has 21 heavy (non-hydrogen) atoms. The summed E-state index contributed by atoms with van der Waals surface area (Å²) in [5, 5.41) is 6.01. The molecule has 1 aliphatic rings. The van der Waals surface area contributed by atoms with E-state index in [1.165, 1.54) is 5.56 Å². The maximum absolute atomic E-state index is 11.5. The van der Waals surface area contributed by atoms with Gasteiger partial charge in [0.2, 0.25) is 0 Å². The van der Waals surface area contributed by atoms with Gasteiger partial charge in [-0.25, -0.2) is 0 Å². The molecule has 0 fully saturated rings. The number of fused-ring (bicyclic) bond motifs is 1. The lowest BCUT2D eigenvalue weighted by atomic mass is 10.1. The molecule has 0 saturated heterocycles. The number of ether oxygens (including phenoxy) is 1. The summed E-state index contributed by atoms with van der Waals surface area (Å²) < 4.78 is 5.50. The molecule has 0 atom stereocenters. The molecule has 0 saturated carbocycles. The van der Waals surface area contributed by atoms with Crippen molar-refractivity contribution in [2.75, 3.05) is 19.0 Å². The SMILES string of the molecule is CNC(=O)c1ccc(CNc2ccc3c(c2)CCO3)cc1. The molecule has 1 amide bonds. The lowest BCUT2D eigenvalue weighted by Gasteiger charge is -2.08. The van der Waals surface area contributed by atoms with Crippen LogP contribution in [0.2, 0.25) is 0 Å². The molecule has 2 N–H and O–H groups in total. The van der Waals surface area contributed by atoms with Crippen LogP contribution < -0.4 is 15.4 Å². The number of benzene rings is 2. The molecule has 3 rings (SSSR count). The van der Waals surface area contributed by atoms with Crippen molar-refractivity contribution in [2.45, 2.75) is 13.0 Å². The first-order chi connectivity index (χ1) is 10.3. The Hall–Kier alpha value is -2.49. The van der Waals surface area contributed by atoms with Crippen LogP contribution in [-0.2, 0) is 13.0 Å². The summed E-state index contributed by atoms with van der Waals surface area (Å²) in [5.74, 6) is 0.934. The van der Waals surface area contributed by atoms with E-state index in [-0.39, 0.29) is 5.91 Å². The van der Waals surface area contributed by atoms with Gasteiger partial charge in [0.25, 0.3) is 5.91 Å². The Labute approximate surface area is 124 Å². The van der Waals surface area contributed by atoms with E-state index in [9.17, 15) is 4.79 Å². The standard InChI is InChI=1S/C17H18N2O2/c1-18-17(20)13-4-2-12(3-5-13)11-19-15-6-7-16-14(10-15)8-9-21-16/h2-7,10,19H,8-9,11H2,1H3,(H,18,20). The second-order valence-corrected chi connectivity index (χ2v) is 5.05. The number of amides is 1. The number of hydrogen-bond donors (Lipinski definition) is 2. The minimum atomic E-state index is -0.0619. The molecular weight excluding hydrogens is 264 g/mol. The van der Waals surface area contributed by atoms with E-state index in [1.807, 2.05) is 36.4 Å². The Kier molecular flexibility index (Phi) is 3.77. The molecule has 4 heteroatoms. The monoisotopic (exact) mass is 282 g/mol. The van der Waals surface area contributed by atoms with Gasteiger partial charge in [0, 0.05) is 31.3 Å². The minimum Gasteiger partial charge on any atom is -0.493 e. The fraction of sp³-hybridized carbons (Fsp3) is 0.235. The van der Waals surface area contributed by atoms with Crippen molar-refractivity contribution in [3.05, 3.63) is 59.2 Å². The van der Waals surface area contributed by atoms with Crippen LogP contribution in [0.5, 0.6) is 5.75 Å². The Morgan fingerprint density at radius 3 is 2.76 bits per heavy atom. The van der Waals surface area contributed by atoms with Crippen molar-refractivity contribution in [1.82, 2.24) is 5.32 Å². The number of hydrogen-bond acceptors (Lipinski definition) is 3. The van der Waals surface area contributed by atoms with Gasteiger partial charge in [0.15, 0.2) is 0 Å². The number of carbonyl (C=O) groups is 1. The molecule has 108 valence electrons. The molecule has 0 unspecified atom stereocenters. The molecule has 2 aromatic carbocycles. The van der Waals surface area contributed by atoms with Gasteiger partial charge in [-0.2, -0.15) is 0 Å². The van der Waals surface area contributed by atoms with Crippen LogP contribution >= 0.6 is 0 Å². The second kappa shape index (κ2) is 5.87. The molecule has 0 aromatic heterocycles. The van der Waals surface area contributed by atoms with Crippen LogP contribution in [0.3, 0.4) is 0 Å². The first-order valence-electron chi connectivity index (χ1n) is 7.07. The van der Waals surface area contributed by atoms with E-state index >= 15 is 0 Å². The van der Waals surface area contributed by atoms with Gasteiger partial charge in [-0.3, -0.25) is 4.79 Å². The lowest BCUT2D eigenvalue weighted by Crippen LogP contribution is -2.17. The number of nitrogens with one attached hydrogen (secondary N) is 2. The zero-order valence-electron chi connectivity index (χ0n) is 12.0. The van der Waals surface area contributed by atoms with Gasteiger partial charge in [-0.05, 0) is 41.5 Å². The molecule has 4 nitrogen and oxygen atoms in total. The van der Waals surface area contributed by atoms with Crippen molar-refractivity contribution < 1.29 is 9.53 Å². The van der Waals surface area contributed by atoms with Gasteiger partial charge in [-0.1, -0.05) is 12.1 Å². The Morgan fingerprint density at radius 2 is 2.00 bits per heavy atom. The van der Waals surface area contributed by atoms with Crippen LogP contribution in [0.4, 0.5) is 5.69 Å². The van der Waals surface area contributed by atoms with Crippen LogP contribution in [0, 0.1) is 0 Å². The van der Waals surface area contributed by atoms with Gasteiger partial charge in [0.1, 0.15) is 5.75 Å². The average Bonchev–Trinajstić information content (AvgIpc) is 3.00. The third-order valence-electron chi connectivity index (χ3n) is 3.63. The van der Waals surface area contributed by atoms with Gasteiger partial charge in [-0.15, -0.1) is 0 Å². The number of carbonyl (C=O) groups excluding carboxylic acids is 1. The third kappa shape index (κ3) is 2.99. The van der Waals surface area contributed by atoms with Crippen LogP contribution in [-0.4, -0.2) is 19.6 Å². The Bertz CT molecular complexity index is 650. The van der Waals surface area contributed by atoms with E-state index < -0.39 is 0 Å². The molecular formula is C17H18N2O2. The fourth-order valence-corrected chi connectivity index (χ4v) is 2.42. The molecule has 1 heterocycles. The van der Waals surface area contributed by atoms with Crippen molar-refractivity contribution in [2.24, 2.45) is 0 Å². The van der Waals surface area contributed by atoms with Crippen LogP contribution in [0.15, 0.2) is 42.5 Å². The molecule has 0 radical (unpaired) electrons. The highest BCUT2D eigenvalue weighted by Gasteiger charge is 2.11. The lowest BCUT2D eigenvalue weighted by molar-refractivity contribution is 0.0963. The highest BCUT2D eigenvalue weighted by atomic mass is 16.5. The van der Waals surface area contributed by atoms with E-state index in [0.29, 0.717) is 5.56 Å². The highest BCUT2D eigenvalue weighted by Crippen LogP contribution is 2.28. The largest absolute Gasteiger partial charge is 0.493 e. The second-order valence-electron chi connectivity index (χ2n) is 5.05. The van der Waals surface area contributed by atoms with Gasteiger partial charge >= 0.3 is 0 Å². The van der Waals surface area contributed by atoms with Gasteiger partial charge in [0.05, 0.1) is 6.61 Å². The summed E-state index contributed by atoms with van der Waals surface area (Å²) in [6.45, 7) is 1.51. The summed E-state index contributed by atoms with van der Waals surface area (Å²) >= 11 is 0. The molecule has 0 aliphatic carbocycles. The molecule has 0 bridgehead atoms. The number of rotatable bonds is 4. The van der Waals surface area contributed by atoms with E-state index in [2.05, 4.69) is 16.7 Å². The van der Waals surface area contributed by atoms with E-state index in [4.69, 9.17) is 4.74 Å². The van der Waals surface area contributed by atoms with Crippen molar-refractivity contribution >= 4 is 11.6 Å². The van der Waals surface area contributed by atoms with Crippen LogP contribution in [0.25, 0.3) is 0 Å². The zero-order valence-corrected chi connectivity index (χ0v) is 12.0. The Morgan fingerprint density at radius 1 is 1.19 bits per heavy atom. The van der Waals surface area contributed by atoms with E-state index in [0.717, 1.165) is 36.6 Å². The predicted octanol–water partition coefficient (Wildman–Crippen LogP) is 2.59. The Balaban J connectivity index is 1.63. The van der Waals surface area contributed by atoms with Gasteiger partial charge < -0.3 is 15.4 Å². The highest BCUT2D eigenvalue weighted by molar-refractivity contribution is 5.93.